The Hall–Kier alpha value is -2.65. The molecule has 34 heavy (non-hydrogen) atoms. The van der Waals surface area contributed by atoms with Gasteiger partial charge >= 0.3 is 41.6 Å². The van der Waals surface area contributed by atoms with Crippen LogP contribution in [0.5, 0.6) is 0 Å². The van der Waals surface area contributed by atoms with Crippen LogP contribution in [0, 0.1) is 0 Å². The number of Topliss-reactive ketones (excluding diaryl/α,β-unsaturated/α-hetero) is 1. The standard InChI is InChI=1S/C24H24ClN3O5.Na.H/c1-14-13-28(2)23(32)21(22(14)31)27-24(33)26-19(12-20(29)30)17-5-3-4-16(11-17)10-15-6-8-18(25)9-7-15;;/h3-9,11,13,19,21H,10,12H2,1-2H3,(H,29,30)(H2,26,27,33);;. The third-order valence-corrected chi connectivity index (χ3v) is 5.52. The normalized spacial score (nSPS) is 16.3. The number of carboxylic acids is 1. The van der Waals surface area contributed by atoms with E-state index < -0.39 is 35.8 Å². The number of hydrogen-bond acceptors (Lipinski definition) is 4. The van der Waals surface area contributed by atoms with Gasteiger partial charge in [-0.1, -0.05) is 48.0 Å². The summed E-state index contributed by atoms with van der Waals surface area (Å²) >= 11 is 5.93. The predicted molar refractivity (Wildman–Crippen MR) is 130 cm³/mol. The Labute approximate surface area is 224 Å². The van der Waals surface area contributed by atoms with E-state index in [1.807, 2.05) is 24.3 Å². The van der Waals surface area contributed by atoms with Crippen LogP contribution >= 0.6 is 11.6 Å². The van der Waals surface area contributed by atoms with E-state index in [0.29, 0.717) is 22.6 Å². The van der Waals surface area contributed by atoms with Gasteiger partial charge in [-0.3, -0.25) is 14.4 Å². The van der Waals surface area contributed by atoms with Crippen molar-refractivity contribution in [2.24, 2.45) is 0 Å². The molecule has 3 amide bonds. The van der Waals surface area contributed by atoms with E-state index >= 15 is 0 Å². The zero-order valence-electron chi connectivity index (χ0n) is 18.2. The van der Waals surface area contributed by atoms with Crippen LogP contribution in [-0.4, -0.2) is 76.3 Å². The Morgan fingerprint density at radius 3 is 2.44 bits per heavy atom. The molecule has 0 saturated heterocycles. The number of rotatable bonds is 7. The average molecular weight is 494 g/mol. The molecule has 2 aromatic carbocycles. The van der Waals surface area contributed by atoms with Gasteiger partial charge in [0.25, 0.3) is 5.91 Å². The van der Waals surface area contributed by atoms with E-state index in [1.165, 1.54) is 18.1 Å². The van der Waals surface area contributed by atoms with Gasteiger partial charge in [0, 0.05) is 23.8 Å². The van der Waals surface area contributed by atoms with Crippen LogP contribution < -0.4 is 10.6 Å². The molecule has 2 aromatic rings. The second kappa shape index (κ2) is 12.2. The van der Waals surface area contributed by atoms with Gasteiger partial charge in [-0.2, -0.15) is 0 Å². The first kappa shape index (κ1) is 27.6. The van der Waals surface area contributed by atoms with Gasteiger partial charge in [-0.15, -0.1) is 0 Å². The van der Waals surface area contributed by atoms with Gasteiger partial charge in [0.2, 0.25) is 0 Å². The zero-order chi connectivity index (χ0) is 24.1. The Kier molecular flexibility index (Phi) is 9.88. The van der Waals surface area contributed by atoms with Crippen LogP contribution in [-0.2, 0) is 20.8 Å². The van der Waals surface area contributed by atoms with Crippen LogP contribution in [0.3, 0.4) is 0 Å². The number of ketones is 1. The van der Waals surface area contributed by atoms with Crippen molar-refractivity contribution < 1.29 is 24.3 Å². The van der Waals surface area contributed by atoms with Crippen LogP contribution in [0.2, 0.25) is 5.02 Å². The van der Waals surface area contributed by atoms with Gasteiger partial charge in [0.1, 0.15) is 0 Å². The maximum absolute atomic E-state index is 12.6. The van der Waals surface area contributed by atoms with Crippen LogP contribution in [0.1, 0.15) is 36.1 Å². The number of hydrogen-bond donors (Lipinski definition) is 3. The van der Waals surface area contributed by atoms with Gasteiger partial charge in [-0.25, -0.2) is 4.79 Å². The zero-order valence-corrected chi connectivity index (χ0v) is 18.9. The predicted octanol–water partition coefficient (Wildman–Crippen LogP) is 2.41. The number of carbonyl (C=O) groups is 4. The summed E-state index contributed by atoms with van der Waals surface area (Å²) in [6.07, 6.45) is 1.63. The molecule has 2 atom stereocenters. The molecule has 10 heteroatoms. The van der Waals surface area contributed by atoms with Crippen LogP contribution in [0.4, 0.5) is 4.79 Å². The molecular formula is C24H25ClN3NaO5. The number of benzene rings is 2. The van der Waals surface area contributed by atoms with Crippen molar-refractivity contribution in [3.05, 3.63) is 82.0 Å². The number of amides is 3. The SMILES string of the molecule is CC1=CN(C)C(=O)C(NC(=O)NC(CC(=O)O)c2cccc(Cc3ccc(Cl)cc3)c2)C1=O.[NaH]. The fraction of sp³-hybridized carbons (Fsp3) is 0.250. The van der Waals surface area contributed by atoms with Crippen molar-refractivity contribution in [1.29, 1.82) is 0 Å². The Morgan fingerprint density at radius 1 is 1.12 bits per heavy atom. The summed E-state index contributed by atoms with van der Waals surface area (Å²) in [5.41, 5.74) is 2.87. The first-order valence-electron chi connectivity index (χ1n) is 10.3. The van der Waals surface area contributed by atoms with Crippen molar-refractivity contribution in [2.75, 3.05) is 7.05 Å². The molecule has 0 aromatic heterocycles. The number of nitrogens with one attached hydrogen (secondary N) is 2. The second-order valence-electron chi connectivity index (χ2n) is 7.88. The van der Waals surface area contributed by atoms with Crippen molar-refractivity contribution in [2.45, 2.75) is 31.8 Å². The van der Waals surface area contributed by atoms with E-state index in [9.17, 15) is 24.3 Å². The maximum atomic E-state index is 12.6. The number of nitrogens with zero attached hydrogens (tertiary/aromatic N) is 1. The molecule has 2 unspecified atom stereocenters. The number of likely N-dealkylation sites (N-methyl/N-ethyl adjacent to an activating group) is 1. The molecule has 8 nitrogen and oxygen atoms in total. The molecule has 0 bridgehead atoms. The topological polar surface area (TPSA) is 116 Å². The minimum absolute atomic E-state index is 0. The summed E-state index contributed by atoms with van der Waals surface area (Å²) in [6, 6.07) is 11.6. The first-order valence-corrected chi connectivity index (χ1v) is 10.6. The van der Waals surface area contributed by atoms with Crippen LogP contribution in [0.15, 0.2) is 60.3 Å². The monoisotopic (exact) mass is 493 g/mol. The Balaban J connectivity index is 0.00000408. The Morgan fingerprint density at radius 2 is 1.79 bits per heavy atom. The Bertz CT molecular complexity index is 1120. The van der Waals surface area contributed by atoms with Crippen molar-refractivity contribution in [3.8, 4) is 0 Å². The van der Waals surface area contributed by atoms with Gasteiger partial charge in [-0.05, 0) is 42.2 Å². The van der Waals surface area contributed by atoms with Gasteiger partial charge < -0.3 is 20.6 Å². The molecule has 174 valence electrons. The van der Waals surface area contributed by atoms with E-state index in [-0.39, 0.29) is 36.0 Å². The summed E-state index contributed by atoms with van der Waals surface area (Å²) in [5, 5.41) is 15.0. The van der Waals surface area contributed by atoms with E-state index in [0.717, 1.165) is 11.1 Å². The fourth-order valence-electron chi connectivity index (χ4n) is 3.60. The molecule has 0 saturated carbocycles. The number of halogens is 1. The summed E-state index contributed by atoms with van der Waals surface area (Å²) in [7, 11) is 1.49. The number of aliphatic carboxylic acids is 1. The van der Waals surface area contributed by atoms with E-state index in [2.05, 4.69) is 10.6 Å². The average Bonchev–Trinajstić information content (AvgIpc) is 2.76. The van der Waals surface area contributed by atoms with Gasteiger partial charge in [0.15, 0.2) is 11.8 Å². The second-order valence-corrected chi connectivity index (χ2v) is 8.31. The third kappa shape index (κ3) is 7.17. The minimum atomic E-state index is -1.36. The molecule has 3 rings (SSSR count). The quantitative estimate of drug-likeness (QED) is 0.404. The molecular weight excluding hydrogens is 469 g/mol. The van der Waals surface area contributed by atoms with Crippen molar-refractivity contribution in [1.82, 2.24) is 15.5 Å². The molecule has 1 heterocycles. The number of carboxylic acid groups (broad SMARTS) is 1. The first-order chi connectivity index (χ1) is 15.6. The molecule has 0 aliphatic carbocycles. The molecule has 1 aliphatic heterocycles. The molecule has 1 aliphatic rings. The summed E-state index contributed by atoms with van der Waals surface area (Å²) in [6.45, 7) is 1.55. The number of urea groups is 1. The summed E-state index contributed by atoms with van der Waals surface area (Å²) in [5.74, 6) is -2.18. The molecule has 0 radical (unpaired) electrons. The van der Waals surface area contributed by atoms with Crippen LogP contribution in [0.25, 0.3) is 0 Å². The van der Waals surface area contributed by atoms with E-state index in [4.69, 9.17) is 11.6 Å². The van der Waals surface area contributed by atoms with Crippen molar-refractivity contribution >= 4 is 64.8 Å². The van der Waals surface area contributed by atoms with E-state index in [1.54, 1.807) is 31.2 Å². The fourth-order valence-corrected chi connectivity index (χ4v) is 3.73. The molecule has 0 spiro atoms. The number of carbonyl (C=O) groups excluding carboxylic acids is 3. The molecule has 0 fully saturated rings. The van der Waals surface area contributed by atoms with Gasteiger partial charge in [0.05, 0.1) is 12.5 Å². The van der Waals surface area contributed by atoms with Crippen molar-refractivity contribution in [3.63, 3.8) is 0 Å². The summed E-state index contributed by atoms with van der Waals surface area (Å²) < 4.78 is 0. The third-order valence-electron chi connectivity index (χ3n) is 5.27. The molecule has 3 N–H and O–H groups in total. The summed E-state index contributed by atoms with van der Waals surface area (Å²) in [4.78, 5) is 49.9.